The standard InChI is InChI=1S/C24H37N3O8/c1-5-34-21(31)24-13-15(24)8-6-7-10-33-11-9-17(25-22(32)35-23(2,3)4)20(30)27-14-16(28)12-18(27)19(29)26-24/h6,8,15-18,28H,5,7,9-14H2,1-4H3,(H,25,32)(H,26,29)/t15-,16-,17+,18+,24-/m1/s1. The second-order valence-corrected chi connectivity index (χ2v) is 10.2. The highest BCUT2D eigenvalue weighted by Gasteiger charge is 2.62. The lowest BCUT2D eigenvalue weighted by Gasteiger charge is -2.30. The van der Waals surface area contributed by atoms with Gasteiger partial charge in [-0.3, -0.25) is 9.59 Å². The van der Waals surface area contributed by atoms with Crippen LogP contribution >= 0.6 is 0 Å². The van der Waals surface area contributed by atoms with Crippen LogP contribution in [0.3, 0.4) is 0 Å². The highest BCUT2D eigenvalue weighted by atomic mass is 16.6. The van der Waals surface area contributed by atoms with Crippen molar-refractivity contribution in [3.05, 3.63) is 12.2 Å². The predicted molar refractivity (Wildman–Crippen MR) is 124 cm³/mol. The van der Waals surface area contributed by atoms with Crippen molar-refractivity contribution in [2.75, 3.05) is 26.4 Å². The van der Waals surface area contributed by atoms with E-state index in [-0.39, 0.29) is 38.5 Å². The van der Waals surface area contributed by atoms with E-state index in [1.165, 1.54) is 4.90 Å². The number of alkyl carbamates (subject to hydrolysis) is 1. The fourth-order valence-corrected chi connectivity index (χ4v) is 4.44. The number of esters is 1. The Balaban J connectivity index is 1.84. The first-order valence-electron chi connectivity index (χ1n) is 12.2. The number of nitrogens with one attached hydrogen (secondary N) is 2. The summed E-state index contributed by atoms with van der Waals surface area (Å²) in [5.74, 6) is -1.82. The Morgan fingerprint density at radius 1 is 1.31 bits per heavy atom. The Bertz CT molecular complexity index is 854. The van der Waals surface area contributed by atoms with Crippen molar-refractivity contribution >= 4 is 23.9 Å². The van der Waals surface area contributed by atoms with E-state index in [2.05, 4.69) is 10.6 Å². The van der Waals surface area contributed by atoms with Crippen molar-refractivity contribution in [1.29, 1.82) is 0 Å². The van der Waals surface area contributed by atoms with Crippen LogP contribution in [0.1, 0.15) is 53.4 Å². The van der Waals surface area contributed by atoms with Gasteiger partial charge in [0.25, 0.3) is 0 Å². The van der Waals surface area contributed by atoms with Crippen LogP contribution in [0.2, 0.25) is 0 Å². The molecule has 0 radical (unpaired) electrons. The minimum absolute atomic E-state index is 0.0205. The quantitative estimate of drug-likeness (QED) is 0.382. The van der Waals surface area contributed by atoms with Gasteiger partial charge in [-0.2, -0.15) is 0 Å². The molecule has 11 heteroatoms. The number of hydrogen-bond donors (Lipinski definition) is 3. The van der Waals surface area contributed by atoms with Crippen molar-refractivity contribution in [3.8, 4) is 0 Å². The van der Waals surface area contributed by atoms with Crippen LogP contribution in [-0.4, -0.2) is 89.6 Å². The maximum atomic E-state index is 13.5. The monoisotopic (exact) mass is 495 g/mol. The Morgan fingerprint density at radius 2 is 2.06 bits per heavy atom. The second-order valence-electron chi connectivity index (χ2n) is 10.2. The summed E-state index contributed by atoms with van der Waals surface area (Å²) in [6, 6.07) is -2.01. The summed E-state index contributed by atoms with van der Waals surface area (Å²) >= 11 is 0. The molecule has 0 bridgehead atoms. The maximum Gasteiger partial charge on any atom is 0.408 e. The molecule has 1 saturated carbocycles. The van der Waals surface area contributed by atoms with Gasteiger partial charge < -0.3 is 34.9 Å². The molecule has 3 rings (SSSR count). The number of fused-ring (bicyclic) bond motifs is 2. The third-order valence-electron chi connectivity index (χ3n) is 6.20. The van der Waals surface area contributed by atoms with Crippen LogP contribution in [0.25, 0.3) is 0 Å². The van der Waals surface area contributed by atoms with Crippen molar-refractivity contribution in [2.45, 2.75) is 82.7 Å². The smallest absolute Gasteiger partial charge is 0.408 e. The minimum atomic E-state index is -1.19. The van der Waals surface area contributed by atoms with Crippen LogP contribution < -0.4 is 10.6 Å². The van der Waals surface area contributed by atoms with Gasteiger partial charge in [-0.15, -0.1) is 0 Å². The predicted octanol–water partition coefficient (Wildman–Crippen LogP) is 0.646. The molecule has 1 saturated heterocycles. The largest absolute Gasteiger partial charge is 0.464 e. The number of rotatable bonds is 3. The SMILES string of the molecule is CCOC(=O)[C@@]12C[C@H]1C=CCCOCC[C@H](NC(=O)OC(C)(C)C)C(=O)N1C[C@H](O)C[C@H]1C(=O)N2. The Kier molecular flexibility index (Phi) is 8.42. The van der Waals surface area contributed by atoms with E-state index in [1.54, 1.807) is 27.7 Å². The van der Waals surface area contributed by atoms with Gasteiger partial charge in [0.15, 0.2) is 0 Å². The summed E-state index contributed by atoms with van der Waals surface area (Å²) in [4.78, 5) is 53.2. The molecule has 196 valence electrons. The highest BCUT2D eigenvalue weighted by molar-refractivity contribution is 5.96. The molecule has 0 aromatic carbocycles. The average Bonchev–Trinajstić information content (AvgIpc) is 3.30. The number of hydrogen-bond acceptors (Lipinski definition) is 8. The molecule has 2 aliphatic heterocycles. The second kappa shape index (κ2) is 10.9. The zero-order valence-electron chi connectivity index (χ0n) is 20.9. The molecule has 0 aromatic heterocycles. The number of ether oxygens (including phenoxy) is 3. The third kappa shape index (κ3) is 6.72. The number of carbonyl (C=O) groups excluding carboxylic acids is 4. The van der Waals surface area contributed by atoms with Gasteiger partial charge in [-0.25, -0.2) is 9.59 Å². The van der Waals surface area contributed by atoms with Crippen LogP contribution in [0.15, 0.2) is 12.2 Å². The van der Waals surface area contributed by atoms with Gasteiger partial charge in [0, 0.05) is 31.9 Å². The fraction of sp³-hybridized carbons (Fsp3) is 0.750. The zero-order chi connectivity index (χ0) is 25.8. The number of aliphatic hydroxyl groups excluding tert-OH is 1. The highest BCUT2D eigenvalue weighted by Crippen LogP contribution is 2.46. The number of aliphatic hydroxyl groups is 1. The van der Waals surface area contributed by atoms with Crippen molar-refractivity contribution in [2.24, 2.45) is 5.92 Å². The number of nitrogens with zero attached hydrogens (tertiary/aromatic N) is 1. The topological polar surface area (TPSA) is 144 Å². The molecule has 3 aliphatic rings. The fourth-order valence-electron chi connectivity index (χ4n) is 4.44. The van der Waals surface area contributed by atoms with Gasteiger partial charge in [-0.05, 0) is 40.5 Å². The summed E-state index contributed by atoms with van der Waals surface area (Å²) in [5.41, 5.74) is -1.95. The van der Waals surface area contributed by atoms with E-state index in [1.807, 2.05) is 12.2 Å². The first-order valence-corrected chi connectivity index (χ1v) is 12.2. The molecule has 11 nitrogen and oxygen atoms in total. The van der Waals surface area contributed by atoms with Crippen LogP contribution in [-0.2, 0) is 28.6 Å². The molecule has 35 heavy (non-hydrogen) atoms. The van der Waals surface area contributed by atoms with Gasteiger partial charge in [0.2, 0.25) is 11.8 Å². The summed E-state index contributed by atoms with van der Waals surface area (Å²) in [6.45, 7) is 7.52. The van der Waals surface area contributed by atoms with E-state index >= 15 is 0 Å². The van der Waals surface area contributed by atoms with Crippen LogP contribution in [0, 0.1) is 5.92 Å². The number of amides is 3. The minimum Gasteiger partial charge on any atom is -0.464 e. The lowest BCUT2D eigenvalue weighted by molar-refractivity contribution is -0.150. The molecule has 2 heterocycles. The third-order valence-corrected chi connectivity index (χ3v) is 6.20. The van der Waals surface area contributed by atoms with Gasteiger partial charge in [-0.1, -0.05) is 12.2 Å². The summed E-state index contributed by atoms with van der Waals surface area (Å²) < 4.78 is 16.2. The lowest BCUT2D eigenvalue weighted by atomic mass is 10.1. The van der Waals surface area contributed by atoms with E-state index in [0.29, 0.717) is 19.4 Å². The molecular weight excluding hydrogens is 458 g/mol. The van der Waals surface area contributed by atoms with Gasteiger partial charge in [0.05, 0.1) is 19.3 Å². The Morgan fingerprint density at radius 3 is 2.74 bits per heavy atom. The van der Waals surface area contributed by atoms with E-state index < -0.39 is 53.2 Å². The maximum absolute atomic E-state index is 13.5. The molecular formula is C24H37N3O8. The summed E-state index contributed by atoms with van der Waals surface area (Å²) in [6.07, 6.45) is 3.25. The Labute approximate surface area is 205 Å². The van der Waals surface area contributed by atoms with Gasteiger partial charge in [0.1, 0.15) is 23.2 Å². The first kappa shape index (κ1) is 26.9. The Hall–Kier alpha value is -2.66. The zero-order valence-corrected chi connectivity index (χ0v) is 20.9. The molecule has 2 fully saturated rings. The van der Waals surface area contributed by atoms with Crippen LogP contribution in [0.5, 0.6) is 0 Å². The normalized spacial score (nSPS) is 31.9. The average molecular weight is 496 g/mol. The molecule has 1 aliphatic carbocycles. The molecule has 3 N–H and O–H groups in total. The van der Waals surface area contributed by atoms with E-state index in [0.717, 1.165) is 0 Å². The van der Waals surface area contributed by atoms with Crippen molar-refractivity contribution in [3.63, 3.8) is 0 Å². The first-order chi connectivity index (χ1) is 16.5. The molecule has 5 atom stereocenters. The van der Waals surface area contributed by atoms with E-state index in [4.69, 9.17) is 14.2 Å². The summed E-state index contributed by atoms with van der Waals surface area (Å²) in [5, 5.41) is 15.7. The molecule has 0 aromatic rings. The molecule has 0 unspecified atom stereocenters. The lowest BCUT2D eigenvalue weighted by Crippen LogP contribution is -2.57. The van der Waals surface area contributed by atoms with E-state index in [9.17, 15) is 24.3 Å². The van der Waals surface area contributed by atoms with Crippen LogP contribution in [0.4, 0.5) is 4.79 Å². The van der Waals surface area contributed by atoms with Crippen molar-refractivity contribution < 1.29 is 38.5 Å². The van der Waals surface area contributed by atoms with Crippen molar-refractivity contribution in [1.82, 2.24) is 15.5 Å². The molecule has 3 amide bonds. The summed E-state index contributed by atoms with van der Waals surface area (Å²) in [7, 11) is 0. The molecule has 0 spiro atoms. The van der Waals surface area contributed by atoms with Gasteiger partial charge >= 0.3 is 12.1 Å². The number of carbonyl (C=O) groups is 4.